The Bertz CT molecular complexity index is 1050. The van der Waals surface area contributed by atoms with Gasteiger partial charge in [0.2, 0.25) is 15.9 Å². The van der Waals surface area contributed by atoms with Crippen LogP contribution in [-0.2, 0) is 14.8 Å². The largest absolute Gasteiger partial charge is 0.368 e. The minimum absolute atomic E-state index is 0.0211. The molecule has 0 aliphatic heterocycles. The predicted octanol–water partition coefficient (Wildman–Crippen LogP) is 1.18. The zero-order chi connectivity index (χ0) is 22.5. The van der Waals surface area contributed by atoms with Crippen LogP contribution >= 0.6 is 0 Å². The average molecular weight is 433 g/mol. The van der Waals surface area contributed by atoms with E-state index in [0.29, 0.717) is 11.3 Å². The molecule has 0 radical (unpaired) electrons. The SMILES string of the molecule is CC(C)N(C)S(=O)(=O)c1cccc(C(=O)Nc2ccc(C(=O)NCC(N)=O)cc2)c1. The summed E-state index contributed by atoms with van der Waals surface area (Å²) in [5.74, 6) is -1.62. The van der Waals surface area contributed by atoms with Crippen LogP contribution in [0.1, 0.15) is 34.6 Å². The molecule has 2 rings (SSSR count). The zero-order valence-electron chi connectivity index (χ0n) is 16.9. The Balaban J connectivity index is 2.13. The van der Waals surface area contributed by atoms with E-state index < -0.39 is 27.7 Å². The van der Waals surface area contributed by atoms with E-state index in [-0.39, 0.29) is 23.0 Å². The van der Waals surface area contributed by atoms with E-state index in [9.17, 15) is 22.8 Å². The summed E-state index contributed by atoms with van der Waals surface area (Å²) >= 11 is 0. The zero-order valence-corrected chi connectivity index (χ0v) is 17.7. The standard InChI is InChI=1S/C20H24N4O5S/c1-13(2)24(3)30(28,29)17-6-4-5-15(11-17)20(27)23-16-9-7-14(8-10-16)19(26)22-12-18(21)25/h4-11,13H,12H2,1-3H3,(H2,21,25)(H,22,26)(H,23,27). The van der Waals surface area contributed by atoms with Gasteiger partial charge >= 0.3 is 0 Å². The third-order valence-corrected chi connectivity index (χ3v) is 6.36. The Labute approximate surface area is 175 Å². The molecule has 0 aliphatic carbocycles. The first-order valence-corrected chi connectivity index (χ1v) is 10.5. The summed E-state index contributed by atoms with van der Waals surface area (Å²) in [6.45, 7) is 3.24. The van der Waals surface area contributed by atoms with Crippen molar-refractivity contribution in [1.29, 1.82) is 0 Å². The molecule has 10 heteroatoms. The molecule has 0 aliphatic rings. The van der Waals surface area contributed by atoms with Crippen molar-refractivity contribution in [3.63, 3.8) is 0 Å². The van der Waals surface area contributed by atoms with Crippen LogP contribution in [0.3, 0.4) is 0 Å². The number of hydrogen-bond acceptors (Lipinski definition) is 5. The monoisotopic (exact) mass is 432 g/mol. The van der Waals surface area contributed by atoms with Gasteiger partial charge in [0.15, 0.2) is 0 Å². The van der Waals surface area contributed by atoms with Crippen LogP contribution in [0.25, 0.3) is 0 Å². The highest BCUT2D eigenvalue weighted by Crippen LogP contribution is 2.19. The van der Waals surface area contributed by atoms with Crippen molar-refractivity contribution in [3.05, 3.63) is 59.7 Å². The van der Waals surface area contributed by atoms with Gasteiger partial charge < -0.3 is 16.4 Å². The van der Waals surface area contributed by atoms with E-state index in [1.165, 1.54) is 59.9 Å². The van der Waals surface area contributed by atoms with Gasteiger partial charge in [-0.05, 0) is 56.3 Å². The molecule has 30 heavy (non-hydrogen) atoms. The highest BCUT2D eigenvalue weighted by molar-refractivity contribution is 7.89. The van der Waals surface area contributed by atoms with Crippen molar-refractivity contribution in [2.45, 2.75) is 24.8 Å². The van der Waals surface area contributed by atoms with Crippen LogP contribution in [0.4, 0.5) is 5.69 Å². The number of nitrogens with zero attached hydrogens (tertiary/aromatic N) is 1. The van der Waals surface area contributed by atoms with Crippen molar-refractivity contribution in [1.82, 2.24) is 9.62 Å². The Hall–Kier alpha value is -3.24. The number of nitrogens with one attached hydrogen (secondary N) is 2. The molecule has 4 N–H and O–H groups in total. The van der Waals surface area contributed by atoms with Gasteiger partial charge in [-0.1, -0.05) is 6.07 Å². The maximum Gasteiger partial charge on any atom is 0.255 e. The number of amides is 3. The molecule has 0 saturated carbocycles. The fourth-order valence-corrected chi connectivity index (χ4v) is 3.83. The topological polar surface area (TPSA) is 139 Å². The van der Waals surface area contributed by atoms with Gasteiger partial charge in [-0.15, -0.1) is 0 Å². The number of anilines is 1. The molecule has 0 atom stereocenters. The van der Waals surface area contributed by atoms with Crippen LogP contribution in [0.5, 0.6) is 0 Å². The van der Waals surface area contributed by atoms with Gasteiger partial charge in [0.1, 0.15) is 0 Å². The molecular weight excluding hydrogens is 408 g/mol. The Morgan fingerprint density at radius 2 is 1.63 bits per heavy atom. The summed E-state index contributed by atoms with van der Waals surface area (Å²) < 4.78 is 26.5. The predicted molar refractivity (Wildman–Crippen MR) is 112 cm³/mol. The van der Waals surface area contributed by atoms with E-state index in [0.717, 1.165) is 0 Å². The molecule has 0 unspecified atom stereocenters. The van der Waals surface area contributed by atoms with E-state index in [4.69, 9.17) is 5.73 Å². The molecular formula is C20H24N4O5S. The van der Waals surface area contributed by atoms with Gasteiger partial charge in [-0.3, -0.25) is 14.4 Å². The Kier molecular flexibility index (Phi) is 7.30. The van der Waals surface area contributed by atoms with Gasteiger partial charge in [-0.2, -0.15) is 4.31 Å². The van der Waals surface area contributed by atoms with Crippen LogP contribution < -0.4 is 16.4 Å². The Morgan fingerprint density at radius 1 is 1.00 bits per heavy atom. The maximum atomic E-state index is 12.6. The quantitative estimate of drug-likeness (QED) is 0.575. The number of hydrogen-bond donors (Lipinski definition) is 3. The minimum atomic E-state index is -3.72. The summed E-state index contributed by atoms with van der Waals surface area (Å²) in [6, 6.07) is 11.5. The number of carbonyl (C=O) groups excluding carboxylic acids is 3. The number of primary amides is 1. The van der Waals surface area contributed by atoms with Gasteiger partial charge in [0.05, 0.1) is 11.4 Å². The summed E-state index contributed by atoms with van der Waals surface area (Å²) in [7, 11) is -2.24. The molecule has 0 saturated heterocycles. The molecule has 0 fully saturated rings. The molecule has 3 amide bonds. The van der Waals surface area contributed by atoms with Gasteiger partial charge in [0.25, 0.3) is 11.8 Å². The van der Waals surface area contributed by atoms with Crippen molar-refractivity contribution >= 4 is 33.4 Å². The maximum absolute atomic E-state index is 12.6. The highest BCUT2D eigenvalue weighted by Gasteiger charge is 2.24. The van der Waals surface area contributed by atoms with Crippen LogP contribution in [0.15, 0.2) is 53.4 Å². The van der Waals surface area contributed by atoms with Gasteiger partial charge in [0, 0.05) is 29.9 Å². The summed E-state index contributed by atoms with van der Waals surface area (Å²) in [6.07, 6.45) is 0. The average Bonchev–Trinajstić information content (AvgIpc) is 2.71. The number of benzene rings is 2. The second-order valence-corrected chi connectivity index (χ2v) is 8.82. The fraction of sp³-hybridized carbons (Fsp3) is 0.250. The number of nitrogens with two attached hydrogens (primary N) is 1. The summed E-state index contributed by atoms with van der Waals surface area (Å²) in [5.41, 5.74) is 5.86. The first kappa shape index (κ1) is 23.0. The first-order valence-electron chi connectivity index (χ1n) is 9.08. The molecule has 0 bridgehead atoms. The van der Waals surface area contributed by atoms with Crippen LogP contribution in [0.2, 0.25) is 0 Å². The molecule has 9 nitrogen and oxygen atoms in total. The van der Waals surface area contributed by atoms with Crippen LogP contribution in [0, 0.1) is 0 Å². The van der Waals surface area contributed by atoms with E-state index in [1.807, 2.05) is 0 Å². The minimum Gasteiger partial charge on any atom is -0.368 e. The molecule has 2 aromatic rings. The lowest BCUT2D eigenvalue weighted by molar-refractivity contribution is -0.117. The smallest absolute Gasteiger partial charge is 0.255 e. The molecule has 0 aromatic heterocycles. The summed E-state index contributed by atoms with van der Waals surface area (Å²) in [4.78, 5) is 35.2. The molecule has 160 valence electrons. The fourth-order valence-electron chi connectivity index (χ4n) is 2.42. The van der Waals surface area contributed by atoms with Crippen molar-refractivity contribution in [3.8, 4) is 0 Å². The van der Waals surface area contributed by atoms with E-state index in [1.54, 1.807) is 13.8 Å². The normalized spacial score (nSPS) is 11.4. The van der Waals surface area contributed by atoms with E-state index >= 15 is 0 Å². The molecule has 0 spiro atoms. The first-order chi connectivity index (χ1) is 14.0. The third-order valence-electron chi connectivity index (χ3n) is 4.33. The van der Waals surface area contributed by atoms with Crippen molar-refractivity contribution < 1.29 is 22.8 Å². The lowest BCUT2D eigenvalue weighted by Crippen LogP contribution is -2.33. The molecule has 2 aromatic carbocycles. The van der Waals surface area contributed by atoms with Gasteiger partial charge in [-0.25, -0.2) is 8.42 Å². The van der Waals surface area contributed by atoms with E-state index in [2.05, 4.69) is 10.6 Å². The molecule has 0 heterocycles. The highest BCUT2D eigenvalue weighted by atomic mass is 32.2. The number of sulfonamides is 1. The van der Waals surface area contributed by atoms with Crippen LogP contribution in [-0.4, -0.2) is 50.1 Å². The Morgan fingerprint density at radius 3 is 2.20 bits per heavy atom. The summed E-state index contributed by atoms with van der Waals surface area (Å²) in [5, 5.41) is 5.01. The third kappa shape index (κ3) is 5.65. The second-order valence-electron chi connectivity index (χ2n) is 6.82. The lowest BCUT2D eigenvalue weighted by Gasteiger charge is -2.21. The number of carbonyl (C=O) groups is 3. The van der Waals surface area contributed by atoms with Crippen molar-refractivity contribution in [2.24, 2.45) is 5.73 Å². The lowest BCUT2D eigenvalue weighted by atomic mass is 10.1. The number of rotatable bonds is 8. The second kappa shape index (κ2) is 9.51. The van der Waals surface area contributed by atoms with Crippen molar-refractivity contribution in [2.75, 3.05) is 18.9 Å².